The van der Waals surface area contributed by atoms with E-state index in [1.807, 2.05) is 9.80 Å². The van der Waals surface area contributed by atoms with Crippen molar-refractivity contribution in [3.8, 4) is 0 Å². The molecule has 0 aromatic carbocycles. The van der Waals surface area contributed by atoms with Gasteiger partial charge in [0.2, 0.25) is 11.7 Å². The van der Waals surface area contributed by atoms with E-state index in [1.54, 1.807) is 12.3 Å². The number of hydrogen-bond acceptors (Lipinski definition) is 6. The molecule has 130 valence electrons. The summed E-state index contributed by atoms with van der Waals surface area (Å²) in [6.07, 6.45) is 4.99. The second-order valence-electron chi connectivity index (χ2n) is 6.31. The highest BCUT2D eigenvalue weighted by Gasteiger charge is 2.26. The molecule has 2 fully saturated rings. The summed E-state index contributed by atoms with van der Waals surface area (Å²) >= 11 is 0. The number of nitrogens with zero attached hydrogens (tertiary/aromatic N) is 5. The van der Waals surface area contributed by atoms with Crippen LogP contribution in [0.5, 0.6) is 0 Å². The SMILES string of the molecule is O=C(CN1CCN(c2ncccc2[N+](=O)[O-])CC1)N1CCCCC1. The molecule has 1 amide bonds. The molecule has 2 aliphatic rings. The van der Waals surface area contributed by atoms with Gasteiger partial charge < -0.3 is 9.80 Å². The van der Waals surface area contributed by atoms with Crippen LogP contribution in [0.4, 0.5) is 11.5 Å². The highest BCUT2D eigenvalue weighted by atomic mass is 16.6. The maximum Gasteiger partial charge on any atom is 0.311 e. The van der Waals surface area contributed by atoms with Gasteiger partial charge in [-0.1, -0.05) is 0 Å². The molecule has 0 N–H and O–H groups in total. The molecule has 1 aromatic heterocycles. The zero-order valence-corrected chi connectivity index (χ0v) is 13.8. The van der Waals surface area contributed by atoms with Crippen LogP contribution in [-0.4, -0.2) is 71.4 Å². The Kier molecular flexibility index (Phi) is 5.24. The van der Waals surface area contributed by atoms with E-state index in [9.17, 15) is 14.9 Å². The summed E-state index contributed by atoms with van der Waals surface area (Å²) in [7, 11) is 0. The second kappa shape index (κ2) is 7.57. The van der Waals surface area contributed by atoms with Crippen LogP contribution < -0.4 is 4.90 Å². The van der Waals surface area contributed by atoms with Gasteiger partial charge in [-0.3, -0.25) is 19.8 Å². The fourth-order valence-corrected chi connectivity index (χ4v) is 3.33. The van der Waals surface area contributed by atoms with Crippen molar-refractivity contribution in [2.45, 2.75) is 19.3 Å². The average Bonchev–Trinajstić information content (AvgIpc) is 2.63. The Labute approximate surface area is 141 Å². The monoisotopic (exact) mass is 333 g/mol. The lowest BCUT2D eigenvalue weighted by Crippen LogP contribution is -2.51. The van der Waals surface area contributed by atoms with Crippen LogP contribution in [-0.2, 0) is 4.79 Å². The third-order valence-corrected chi connectivity index (χ3v) is 4.70. The number of aromatic nitrogens is 1. The van der Waals surface area contributed by atoms with E-state index in [1.165, 1.54) is 12.5 Å². The van der Waals surface area contributed by atoms with Crippen molar-refractivity contribution in [3.63, 3.8) is 0 Å². The van der Waals surface area contributed by atoms with E-state index < -0.39 is 4.92 Å². The lowest BCUT2D eigenvalue weighted by Gasteiger charge is -2.36. The van der Waals surface area contributed by atoms with Crippen molar-refractivity contribution >= 4 is 17.4 Å². The van der Waals surface area contributed by atoms with Crippen molar-refractivity contribution < 1.29 is 9.72 Å². The minimum Gasteiger partial charge on any atom is -0.348 e. The van der Waals surface area contributed by atoms with E-state index in [2.05, 4.69) is 9.88 Å². The van der Waals surface area contributed by atoms with Crippen molar-refractivity contribution in [2.75, 3.05) is 50.7 Å². The molecule has 0 spiro atoms. The van der Waals surface area contributed by atoms with Crippen molar-refractivity contribution in [2.24, 2.45) is 0 Å². The molecule has 2 saturated heterocycles. The molecule has 2 aliphatic heterocycles. The lowest BCUT2D eigenvalue weighted by atomic mass is 10.1. The van der Waals surface area contributed by atoms with Gasteiger partial charge in [0.1, 0.15) is 0 Å². The molecule has 0 unspecified atom stereocenters. The summed E-state index contributed by atoms with van der Waals surface area (Å²) in [5, 5.41) is 11.1. The number of likely N-dealkylation sites (tertiary alicyclic amines) is 1. The quantitative estimate of drug-likeness (QED) is 0.607. The van der Waals surface area contributed by atoms with Gasteiger partial charge in [-0.05, 0) is 25.3 Å². The zero-order chi connectivity index (χ0) is 16.9. The molecule has 24 heavy (non-hydrogen) atoms. The lowest BCUT2D eigenvalue weighted by molar-refractivity contribution is -0.384. The van der Waals surface area contributed by atoms with E-state index in [0.29, 0.717) is 38.5 Å². The molecule has 1 aromatic rings. The minimum absolute atomic E-state index is 0.0374. The maximum absolute atomic E-state index is 12.3. The molecule has 3 rings (SSSR count). The molecule has 0 radical (unpaired) electrons. The van der Waals surface area contributed by atoms with Gasteiger partial charge in [-0.25, -0.2) is 4.98 Å². The number of amides is 1. The number of nitro groups is 1. The number of anilines is 1. The number of carbonyl (C=O) groups excluding carboxylic acids is 1. The number of pyridine rings is 1. The van der Waals surface area contributed by atoms with E-state index >= 15 is 0 Å². The minimum atomic E-state index is -0.394. The molecule has 8 nitrogen and oxygen atoms in total. The van der Waals surface area contributed by atoms with Crippen molar-refractivity contribution in [1.82, 2.24) is 14.8 Å². The predicted octanol–water partition coefficient (Wildman–Crippen LogP) is 1.12. The number of rotatable bonds is 4. The fraction of sp³-hybridized carbons (Fsp3) is 0.625. The smallest absolute Gasteiger partial charge is 0.311 e. The van der Waals surface area contributed by atoms with Gasteiger partial charge in [0.25, 0.3) is 0 Å². The summed E-state index contributed by atoms with van der Waals surface area (Å²) in [6.45, 7) is 4.91. The van der Waals surface area contributed by atoms with E-state index in [4.69, 9.17) is 0 Å². The Bertz CT molecular complexity index is 595. The van der Waals surface area contributed by atoms with Crippen molar-refractivity contribution in [3.05, 3.63) is 28.4 Å². The van der Waals surface area contributed by atoms with E-state index in [-0.39, 0.29) is 11.6 Å². The molecule has 0 atom stereocenters. The summed E-state index contributed by atoms with van der Waals surface area (Å²) < 4.78 is 0. The van der Waals surface area contributed by atoms with Crippen LogP contribution in [0.15, 0.2) is 18.3 Å². The second-order valence-corrected chi connectivity index (χ2v) is 6.31. The Morgan fingerprint density at radius 1 is 1.12 bits per heavy atom. The largest absolute Gasteiger partial charge is 0.348 e. The standard InChI is InChI=1S/C16H23N5O3/c22-15(19-7-2-1-3-8-19)13-18-9-11-20(12-10-18)16-14(21(23)24)5-4-6-17-16/h4-6H,1-3,7-13H2. The normalized spacial score (nSPS) is 19.3. The fourth-order valence-electron chi connectivity index (χ4n) is 3.33. The first-order valence-electron chi connectivity index (χ1n) is 8.49. The van der Waals surface area contributed by atoms with Crippen LogP contribution in [0.2, 0.25) is 0 Å². The molecule has 0 saturated carbocycles. The molecule has 0 aliphatic carbocycles. The Hall–Kier alpha value is -2.22. The molecule has 0 bridgehead atoms. The third kappa shape index (κ3) is 3.81. The first kappa shape index (κ1) is 16.6. The Morgan fingerprint density at radius 3 is 2.50 bits per heavy atom. The van der Waals surface area contributed by atoms with Crippen molar-refractivity contribution in [1.29, 1.82) is 0 Å². The summed E-state index contributed by atoms with van der Waals surface area (Å²) in [5.41, 5.74) is 0.0374. The van der Waals surface area contributed by atoms with Crippen LogP contribution in [0.3, 0.4) is 0 Å². The maximum atomic E-state index is 12.3. The predicted molar refractivity (Wildman–Crippen MR) is 90.0 cm³/mol. The van der Waals surface area contributed by atoms with Crippen LogP contribution in [0, 0.1) is 10.1 Å². The Balaban J connectivity index is 1.54. The van der Waals surface area contributed by atoms with E-state index in [0.717, 1.165) is 25.9 Å². The highest BCUT2D eigenvalue weighted by molar-refractivity contribution is 5.78. The first-order chi connectivity index (χ1) is 11.6. The summed E-state index contributed by atoms with van der Waals surface area (Å²) in [6, 6.07) is 3.06. The van der Waals surface area contributed by atoms with Crippen LogP contribution in [0.1, 0.15) is 19.3 Å². The molecule has 3 heterocycles. The van der Waals surface area contributed by atoms with Gasteiger partial charge in [0.15, 0.2) is 0 Å². The Morgan fingerprint density at radius 2 is 1.83 bits per heavy atom. The zero-order valence-electron chi connectivity index (χ0n) is 13.8. The van der Waals surface area contributed by atoms with Crippen LogP contribution >= 0.6 is 0 Å². The van der Waals surface area contributed by atoms with Gasteiger partial charge in [0.05, 0.1) is 11.5 Å². The molecular weight excluding hydrogens is 310 g/mol. The average molecular weight is 333 g/mol. The van der Waals surface area contributed by atoms with Gasteiger partial charge >= 0.3 is 5.69 Å². The number of hydrogen-bond donors (Lipinski definition) is 0. The highest BCUT2D eigenvalue weighted by Crippen LogP contribution is 2.25. The summed E-state index contributed by atoms with van der Waals surface area (Å²) in [5.74, 6) is 0.622. The van der Waals surface area contributed by atoms with Crippen LogP contribution in [0.25, 0.3) is 0 Å². The number of piperazine rings is 1. The van der Waals surface area contributed by atoms with Gasteiger partial charge in [0, 0.05) is 51.5 Å². The summed E-state index contributed by atoms with van der Waals surface area (Å²) in [4.78, 5) is 33.3. The molecule has 8 heteroatoms. The van der Waals surface area contributed by atoms with Gasteiger partial charge in [-0.2, -0.15) is 0 Å². The number of carbonyl (C=O) groups is 1. The topological polar surface area (TPSA) is 82.8 Å². The first-order valence-corrected chi connectivity index (χ1v) is 8.49. The van der Waals surface area contributed by atoms with Gasteiger partial charge in [-0.15, -0.1) is 0 Å². The molecular formula is C16H23N5O3. The number of piperidine rings is 1. The third-order valence-electron chi connectivity index (χ3n) is 4.70.